The van der Waals surface area contributed by atoms with E-state index in [2.05, 4.69) is 35.2 Å². The van der Waals surface area contributed by atoms with Crippen molar-refractivity contribution in [3.63, 3.8) is 0 Å². The quantitative estimate of drug-likeness (QED) is 0.746. The van der Waals surface area contributed by atoms with Crippen molar-refractivity contribution in [1.29, 1.82) is 0 Å². The summed E-state index contributed by atoms with van der Waals surface area (Å²) in [6.07, 6.45) is 8.88. The smallest absolute Gasteiger partial charge is 0.0239 e. The van der Waals surface area contributed by atoms with Gasteiger partial charge in [0.25, 0.3) is 0 Å². The summed E-state index contributed by atoms with van der Waals surface area (Å²) in [4.78, 5) is 2.82. The minimum atomic E-state index is 0.629. The van der Waals surface area contributed by atoms with Crippen LogP contribution in [-0.4, -0.2) is 17.0 Å². The number of hydrogen-bond donors (Lipinski definition) is 0. The molecule has 1 aromatic rings. The van der Waals surface area contributed by atoms with E-state index in [-0.39, 0.29) is 0 Å². The van der Waals surface area contributed by atoms with E-state index in [0.717, 1.165) is 5.41 Å². The highest BCUT2D eigenvalue weighted by Crippen LogP contribution is 2.60. The van der Waals surface area contributed by atoms with Crippen LogP contribution in [0.5, 0.6) is 0 Å². The predicted octanol–water partition coefficient (Wildman–Crippen LogP) is 3.60. The van der Waals surface area contributed by atoms with Crippen LogP contribution in [0, 0.1) is 5.41 Å². The Labute approximate surface area is 104 Å². The Hall–Kier alpha value is -0.820. The fraction of sp³-hybridized carbons (Fsp3) is 0.625. The van der Waals surface area contributed by atoms with Crippen molar-refractivity contribution in [3.8, 4) is 0 Å². The Morgan fingerprint density at radius 2 is 1.53 bits per heavy atom. The third-order valence-corrected chi connectivity index (χ3v) is 5.32. The van der Waals surface area contributed by atoms with E-state index < -0.39 is 0 Å². The molecule has 0 unspecified atom stereocenters. The number of nitrogens with zero attached hydrogens (tertiary/aromatic N) is 1. The number of likely N-dealkylation sites (tertiary alicyclic amines) is 1. The van der Waals surface area contributed by atoms with Gasteiger partial charge in [-0.25, -0.2) is 0 Å². The summed E-state index contributed by atoms with van der Waals surface area (Å²) in [7, 11) is 0. The molecular weight excluding hydrogens is 206 g/mol. The fourth-order valence-electron chi connectivity index (χ4n) is 3.63. The Kier molecular flexibility index (Phi) is 2.00. The maximum atomic E-state index is 2.82. The summed E-state index contributed by atoms with van der Waals surface area (Å²) in [5, 5.41) is 0. The highest BCUT2D eigenvalue weighted by molar-refractivity contribution is 5.18. The average Bonchev–Trinajstić information content (AvgIpc) is 3.23. The second-order valence-electron chi connectivity index (χ2n) is 6.57. The molecule has 0 N–H and O–H groups in total. The SMILES string of the molecule is c1ccc(CN2CC3(CC3)CCC23CC3)cc1. The predicted molar refractivity (Wildman–Crippen MR) is 69.7 cm³/mol. The first-order valence-corrected chi connectivity index (χ1v) is 7.10. The molecular formula is C16H21N. The average molecular weight is 227 g/mol. The van der Waals surface area contributed by atoms with Crippen LogP contribution in [0.25, 0.3) is 0 Å². The molecule has 0 amide bonds. The minimum Gasteiger partial charge on any atom is -0.293 e. The van der Waals surface area contributed by atoms with Gasteiger partial charge in [-0.1, -0.05) is 30.3 Å². The van der Waals surface area contributed by atoms with Gasteiger partial charge in [-0.15, -0.1) is 0 Å². The molecule has 1 nitrogen and oxygen atoms in total. The van der Waals surface area contributed by atoms with Crippen molar-refractivity contribution in [3.05, 3.63) is 35.9 Å². The number of piperidine rings is 1. The van der Waals surface area contributed by atoms with E-state index in [1.165, 1.54) is 57.2 Å². The summed E-state index contributed by atoms with van der Waals surface area (Å²) in [5.41, 5.74) is 2.88. The normalized spacial score (nSPS) is 28.5. The molecule has 1 aliphatic heterocycles. The monoisotopic (exact) mass is 227 g/mol. The maximum absolute atomic E-state index is 2.82. The van der Waals surface area contributed by atoms with Crippen molar-refractivity contribution >= 4 is 0 Å². The van der Waals surface area contributed by atoms with Crippen LogP contribution in [0.1, 0.15) is 44.1 Å². The van der Waals surface area contributed by atoms with Crippen LogP contribution in [-0.2, 0) is 6.54 Å². The number of rotatable bonds is 2. The van der Waals surface area contributed by atoms with E-state index in [0.29, 0.717) is 5.54 Å². The highest BCUT2D eigenvalue weighted by Gasteiger charge is 2.57. The topological polar surface area (TPSA) is 3.24 Å². The molecule has 17 heavy (non-hydrogen) atoms. The molecule has 3 aliphatic rings. The Morgan fingerprint density at radius 1 is 0.882 bits per heavy atom. The lowest BCUT2D eigenvalue weighted by Gasteiger charge is -2.41. The molecule has 2 aliphatic carbocycles. The van der Waals surface area contributed by atoms with Crippen molar-refractivity contribution in [2.24, 2.45) is 5.41 Å². The van der Waals surface area contributed by atoms with E-state index >= 15 is 0 Å². The van der Waals surface area contributed by atoms with E-state index in [9.17, 15) is 0 Å². The molecule has 0 atom stereocenters. The first-order valence-electron chi connectivity index (χ1n) is 7.10. The van der Waals surface area contributed by atoms with Crippen LogP contribution < -0.4 is 0 Å². The molecule has 2 saturated carbocycles. The lowest BCUT2D eigenvalue weighted by atomic mass is 9.88. The van der Waals surface area contributed by atoms with Crippen molar-refractivity contribution in [2.75, 3.05) is 6.54 Å². The molecule has 0 radical (unpaired) electrons. The zero-order valence-electron chi connectivity index (χ0n) is 10.5. The zero-order chi connectivity index (χ0) is 11.3. The fourth-order valence-corrected chi connectivity index (χ4v) is 3.63. The first-order chi connectivity index (χ1) is 8.30. The maximum Gasteiger partial charge on any atom is 0.0239 e. The van der Waals surface area contributed by atoms with E-state index in [4.69, 9.17) is 0 Å². The van der Waals surface area contributed by atoms with Crippen LogP contribution in [0.15, 0.2) is 30.3 Å². The first kappa shape index (κ1) is 10.1. The van der Waals surface area contributed by atoms with Gasteiger partial charge in [-0.05, 0) is 49.5 Å². The van der Waals surface area contributed by atoms with Gasteiger partial charge in [0, 0.05) is 18.6 Å². The molecule has 0 aromatic heterocycles. The van der Waals surface area contributed by atoms with E-state index in [1.807, 2.05) is 0 Å². The van der Waals surface area contributed by atoms with Crippen LogP contribution in [0.3, 0.4) is 0 Å². The largest absolute Gasteiger partial charge is 0.293 e. The number of hydrogen-bond acceptors (Lipinski definition) is 1. The van der Waals surface area contributed by atoms with Crippen molar-refractivity contribution in [2.45, 2.75) is 50.6 Å². The summed E-state index contributed by atoms with van der Waals surface area (Å²) >= 11 is 0. The summed E-state index contributed by atoms with van der Waals surface area (Å²) in [6, 6.07) is 11.0. The second-order valence-corrected chi connectivity index (χ2v) is 6.57. The van der Waals surface area contributed by atoms with Gasteiger partial charge < -0.3 is 0 Å². The van der Waals surface area contributed by atoms with Crippen LogP contribution in [0.2, 0.25) is 0 Å². The zero-order valence-corrected chi connectivity index (χ0v) is 10.5. The highest BCUT2D eigenvalue weighted by atomic mass is 15.2. The molecule has 3 fully saturated rings. The van der Waals surface area contributed by atoms with Gasteiger partial charge in [-0.2, -0.15) is 0 Å². The molecule has 2 spiro atoms. The van der Waals surface area contributed by atoms with Gasteiger partial charge >= 0.3 is 0 Å². The minimum absolute atomic E-state index is 0.629. The Morgan fingerprint density at radius 3 is 2.18 bits per heavy atom. The molecule has 1 saturated heterocycles. The third-order valence-electron chi connectivity index (χ3n) is 5.32. The molecule has 4 rings (SSSR count). The van der Waals surface area contributed by atoms with Crippen LogP contribution >= 0.6 is 0 Å². The summed E-state index contributed by atoms with van der Waals surface area (Å²) < 4.78 is 0. The summed E-state index contributed by atoms with van der Waals surface area (Å²) in [6.45, 7) is 2.56. The molecule has 90 valence electrons. The molecule has 1 aromatic carbocycles. The van der Waals surface area contributed by atoms with E-state index in [1.54, 1.807) is 0 Å². The Bertz CT molecular complexity index is 414. The molecule has 1 heteroatoms. The van der Waals surface area contributed by atoms with Gasteiger partial charge in [-0.3, -0.25) is 4.90 Å². The van der Waals surface area contributed by atoms with Gasteiger partial charge in [0.15, 0.2) is 0 Å². The molecule has 1 heterocycles. The van der Waals surface area contributed by atoms with Crippen molar-refractivity contribution < 1.29 is 0 Å². The summed E-state index contributed by atoms with van der Waals surface area (Å²) in [5.74, 6) is 0. The van der Waals surface area contributed by atoms with Crippen LogP contribution in [0.4, 0.5) is 0 Å². The van der Waals surface area contributed by atoms with Gasteiger partial charge in [0.1, 0.15) is 0 Å². The van der Waals surface area contributed by atoms with Gasteiger partial charge in [0.05, 0.1) is 0 Å². The standard InChI is InChI=1S/C16H21N/c1-2-4-14(5-3-1)12-17-13-15(6-7-15)8-9-16(17)10-11-16/h1-5H,6-13H2. The third kappa shape index (κ3) is 1.72. The van der Waals surface area contributed by atoms with Gasteiger partial charge in [0.2, 0.25) is 0 Å². The Balaban J connectivity index is 1.54. The second kappa shape index (κ2) is 3.35. The number of benzene rings is 1. The molecule has 0 bridgehead atoms. The lowest BCUT2D eigenvalue weighted by Crippen LogP contribution is -2.45. The lowest BCUT2D eigenvalue weighted by molar-refractivity contribution is 0.0720. The van der Waals surface area contributed by atoms with Crippen molar-refractivity contribution in [1.82, 2.24) is 4.90 Å².